The number of benzene rings is 1. The highest BCUT2D eigenvalue weighted by Crippen LogP contribution is 2.19. The molecule has 0 fully saturated rings. The van der Waals surface area contributed by atoms with Crippen molar-refractivity contribution in [2.45, 2.75) is 46.3 Å². The van der Waals surface area contributed by atoms with Gasteiger partial charge >= 0.3 is 6.09 Å². The van der Waals surface area contributed by atoms with Crippen molar-refractivity contribution in [1.82, 2.24) is 10.3 Å². The van der Waals surface area contributed by atoms with Crippen molar-refractivity contribution in [3.05, 3.63) is 54.4 Å². The number of alkyl carbamates (subject to hydrolysis) is 1. The number of nitrogens with one attached hydrogen (secondary N) is 2. The number of anilines is 2. The van der Waals surface area contributed by atoms with Gasteiger partial charge in [-0.2, -0.15) is 0 Å². The van der Waals surface area contributed by atoms with Crippen molar-refractivity contribution in [1.29, 1.82) is 0 Å². The first kappa shape index (κ1) is 20.2. The number of carbonyl (C=O) groups is 2. The van der Waals surface area contributed by atoms with Gasteiger partial charge in [-0.1, -0.05) is 18.2 Å². The molecule has 2 aromatic rings. The molecule has 144 valence electrons. The molecule has 1 heterocycles. The number of para-hydroxylation sites is 1. The summed E-state index contributed by atoms with van der Waals surface area (Å²) in [5.41, 5.74) is 4.79. The minimum atomic E-state index is -0.809. The molecule has 7 nitrogen and oxygen atoms in total. The van der Waals surface area contributed by atoms with Gasteiger partial charge in [-0.15, -0.1) is 0 Å². The fourth-order valence-corrected chi connectivity index (χ4v) is 2.29. The highest BCUT2D eigenvalue weighted by Gasteiger charge is 2.26. The van der Waals surface area contributed by atoms with E-state index in [1.165, 1.54) is 5.01 Å². The second kappa shape index (κ2) is 8.53. The molecule has 0 bridgehead atoms. The van der Waals surface area contributed by atoms with Crippen molar-refractivity contribution < 1.29 is 14.3 Å². The van der Waals surface area contributed by atoms with E-state index in [-0.39, 0.29) is 5.91 Å². The van der Waals surface area contributed by atoms with Crippen LogP contribution in [0.1, 0.15) is 33.3 Å². The van der Waals surface area contributed by atoms with Gasteiger partial charge in [0.15, 0.2) is 0 Å². The SMILES string of the molecule is Cc1ccccc1NN(C(=O)C(C)NC(=O)OC(C)(C)C)c1cccnc1. The van der Waals surface area contributed by atoms with Crippen LogP contribution in [0.2, 0.25) is 0 Å². The Balaban J connectivity index is 2.21. The maximum absolute atomic E-state index is 13.0. The highest BCUT2D eigenvalue weighted by atomic mass is 16.6. The molecule has 2 rings (SSSR count). The molecule has 2 N–H and O–H groups in total. The molecular formula is C20H26N4O3. The average molecular weight is 370 g/mol. The van der Waals surface area contributed by atoms with Gasteiger partial charge in [0.1, 0.15) is 11.6 Å². The van der Waals surface area contributed by atoms with Gasteiger partial charge in [0.25, 0.3) is 5.91 Å². The van der Waals surface area contributed by atoms with Gasteiger partial charge in [-0.3, -0.25) is 15.2 Å². The molecule has 1 unspecified atom stereocenters. The highest BCUT2D eigenvalue weighted by molar-refractivity contribution is 6.00. The third-order valence-electron chi connectivity index (χ3n) is 3.61. The average Bonchev–Trinajstić information content (AvgIpc) is 2.59. The van der Waals surface area contributed by atoms with Crippen molar-refractivity contribution in [2.75, 3.05) is 10.4 Å². The van der Waals surface area contributed by atoms with Gasteiger partial charge in [0.2, 0.25) is 0 Å². The minimum Gasteiger partial charge on any atom is -0.444 e. The van der Waals surface area contributed by atoms with Gasteiger partial charge in [-0.25, -0.2) is 9.80 Å². The molecule has 2 amide bonds. The molecule has 0 spiro atoms. The molecule has 0 saturated heterocycles. The van der Waals surface area contributed by atoms with Crippen molar-refractivity contribution in [3.8, 4) is 0 Å². The molecule has 27 heavy (non-hydrogen) atoms. The van der Waals surface area contributed by atoms with Crippen molar-refractivity contribution in [2.24, 2.45) is 0 Å². The summed E-state index contributed by atoms with van der Waals surface area (Å²) in [6, 6.07) is 10.3. The Morgan fingerprint density at radius 3 is 2.44 bits per heavy atom. The molecule has 0 aliphatic carbocycles. The lowest BCUT2D eigenvalue weighted by atomic mass is 10.2. The number of rotatable bonds is 5. The van der Waals surface area contributed by atoms with E-state index in [1.54, 1.807) is 52.2 Å². The standard InChI is InChI=1S/C20H26N4O3/c1-14-9-6-7-11-17(14)23-24(16-10-8-12-21-13-16)18(25)15(2)22-19(26)27-20(3,4)5/h6-13,15,23H,1-5H3,(H,22,26). The van der Waals surface area contributed by atoms with E-state index in [1.807, 2.05) is 31.2 Å². The zero-order valence-corrected chi connectivity index (χ0v) is 16.3. The summed E-state index contributed by atoms with van der Waals surface area (Å²) in [6.45, 7) is 8.84. The predicted molar refractivity (Wildman–Crippen MR) is 105 cm³/mol. The van der Waals surface area contributed by atoms with Crippen LogP contribution >= 0.6 is 0 Å². The Hall–Kier alpha value is -3.09. The van der Waals surface area contributed by atoms with Crippen LogP contribution in [0, 0.1) is 6.92 Å². The fourth-order valence-electron chi connectivity index (χ4n) is 2.29. The van der Waals surface area contributed by atoms with Gasteiger partial charge < -0.3 is 10.1 Å². The quantitative estimate of drug-likeness (QED) is 0.785. The monoisotopic (exact) mass is 370 g/mol. The summed E-state index contributed by atoms with van der Waals surface area (Å²) in [7, 11) is 0. The second-order valence-electron chi connectivity index (χ2n) is 7.18. The molecule has 7 heteroatoms. The Morgan fingerprint density at radius 2 is 1.85 bits per heavy atom. The van der Waals surface area contributed by atoms with Crippen LogP contribution in [0.15, 0.2) is 48.8 Å². The number of carbonyl (C=O) groups excluding carboxylic acids is 2. The number of nitrogens with zero attached hydrogens (tertiary/aromatic N) is 2. The Labute approximate surface area is 159 Å². The van der Waals surface area contributed by atoms with Crippen LogP contribution in [0.3, 0.4) is 0 Å². The lowest BCUT2D eigenvalue weighted by molar-refractivity contribution is -0.120. The fraction of sp³-hybridized carbons (Fsp3) is 0.350. The summed E-state index contributed by atoms with van der Waals surface area (Å²) in [5.74, 6) is -0.350. The molecule has 1 aromatic heterocycles. The van der Waals surface area contributed by atoms with Crippen LogP contribution < -0.4 is 15.8 Å². The number of ether oxygens (including phenoxy) is 1. The Morgan fingerprint density at radius 1 is 1.15 bits per heavy atom. The minimum absolute atomic E-state index is 0.350. The summed E-state index contributed by atoms with van der Waals surface area (Å²) in [6.07, 6.45) is 2.55. The smallest absolute Gasteiger partial charge is 0.408 e. The largest absolute Gasteiger partial charge is 0.444 e. The molecule has 1 atom stereocenters. The van der Waals surface area contributed by atoms with Crippen molar-refractivity contribution in [3.63, 3.8) is 0 Å². The van der Waals surface area contributed by atoms with E-state index in [0.717, 1.165) is 11.3 Å². The lowest BCUT2D eigenvalue weighted by Crippen LogP contribution is -2.50. The summed E-state index contributed by atoms with van der Waals surface area (Å²) in [5, 5.41) is 3.95. The summed E-state index contributed by atoms with van der Waals surface area (Å²) in [4.78, 5) is 29.1. The second-order valence-corrected chi connectivity index (χ2v) is 7.18. The molecule has 0 aliphatic heterocycles. The predicted octanol–water partition coefficient (Wildman–Crippen LogP) is 3.66. The molecule has 0 radical (unpaired) electrons. The van der Waals surface area contributed by atoms with Gasteiger partial charge in [0.05, 0.1) is 17.6 Å². The first-order valence-corrected chi connectivity index (χ1v) is 8.73. The van der Waals surface area contributed by atoms with E-state index in [0.29, 0.717) is 5.69 Å². The number of hydrazine groups is 1. The zero-order chi connectivity index (χ0) is 20.0. The number of aryl methyl sites for hydroxylation is 1. The van der Waals surface area contributed by atoms with Gasteiger partial charge in [-0.05, 0) is 58.4 Å². The summed E-state index contributed by atoms with van der Waals surface area (Å²) < 4.78 is 5.23. The summed E-state index contributed by atoms with van der Waals surface area (Å²) >= 11 is 0. The Kier molecular flexibility index (Phi) is 6.39. The van der Waals surface area contributed by atoms with E-state index < -0.39 is 17.7 Å². The third kappa shape index (κ3) is 5.99. The van der Waals surface area contributed by atoms with Crippen LogP contribution in [0.4, 0.5) is 16.2 Å². The molecular weight excluding hydrogens is 344 g/mol. The number of hydrogen-bond donors (Lipinski definition) is 2. The van der Waals surface area contributed by atoms with Crippen LogP contribution in [-0.2, 0) is 9.53 Å². The number of hydrogen-bond acceptors (Lipinski definition) is 5. The van der Waals surface area contributed by atoms with Crippen LogP contribution in [0.25, 0.3) is 0 Å². The normalized spacial score (nSPS) is 12.0. The maximum Gasteiger partial charge on any atom is 0.408 e. The number of aromatic nitrogens is 1. The number of amides is 2. The van der Waals surface area contributed by atoms with E-state index >= 15 is 0 Å². The topological polar surface area (TPSA) is 83.6 Å². The van der Waals surface area contributed by atoms with Crippen molar-refractivity contribution >= 4 is 23.4 Å². The van der Waals surface area contributed by atoms with E-state index in [4.69, 9.17) is 4.74 Å². The molecule has 0 aliphatic rings. The van der Waals surface area contributed by atoms with Crippen LogP contribution in [0.5, 0.6) is 0 Å². The Bertz CT molecular complexity index is 787. The number of pyridine rings is 1. The third-order valence-corrected chi connectivity index (χ3v) is 3.61. The van der Waals surface area contributed by atoms with E-state index in [9.17, 15) is 9.59 Å². The molecule has 1 aromatic carbocycles. The lowest BCUT2D eigenvalue weighted by Gasteiger charge is -2.28. The van der Waals surface area contributed by atoms with E-state index in [2.05, 4.69) is 15.7 Å². The first-order chi connectivity index (χ1) is 12.7. The first-order valence-electron chi connectivity index (χ1n) is 8.73. The van der Waals surface area contributed by atoms with Gasteiger partial charge in [0, 0.05) is 6.20 Å². The zero-order valence-electron chi connectivity index (χ0n) is 16.3. The van der Waals surface area contributed by atoms with Crippen LogP contribution in [-0.4, -0.2) is 28.6 Å². The maximum atomic E-state index is 13.0. The molecule has 0 saturated carbocycles.